The minimum absolute atomic E-state index is 0.532. The largest absolute Gasteiger partial charge is 0.529 e. The second kappa shape index (κ2) is 6.11. The topological polar surface area (TPSA) is 30.8 Å². The van der Waals surface area contributed by atoms with Crippen molar-refractivity contribution in [2.75, 3.05) is 0 Å². The highest BCUT2D eigenvalue weighted by atomic mass is 35.5. The molecule has 0 bridgehead atoms. The van der Waals surface area contributed by atoms with Crippen molar-refractivity contribution in [3.8, 4) is 0 Å². The minimum atomic E-state index is -1.76. The SMILES string of the molecule is C[Si](C)(C)O/N=C(\O[Si](C)(C)C)c1cccc(Cl)c1. The molecule has 3 nitrogen and oxygen atoms in total. The zero-order chi connectivity index (χ0) is 14.7. The van der Waals surface area contributed by atoms with Gasteiger partial charge in [-0.2, -0.15) is 0 Å². The van der Waals surface area contributed by atoms with Crippen LogP contribution < -0.4 is 0 Å². The molecule has 0 N–H and O–H groups in total. The standard InChI is InChI=1S/C13H22ClNO2Si2/c1-18(2,3)16-13(15-17-19(4,5)6)11-8-7-9-12(14)10-11/h7-10H,1-6H3/b15-13-. The lowest BCUT2D eigenvalue weighted by atomic mass is 10.2. The summed E-state index contributed by atoms with van der Waals surface area (Å²) in [6.45, 7) is 12.6. The fraction of sp³-hybridized carbons (Fsp3) is 0.462. The zero-order valence-corrected chi connectivity index (χ0v) is 15.2. The molecule has 0 saturated heterocycles. The third-order valence-corrected chi connectivity index (χ3v) is 3.56. The van der Waals surface area contributed by atoms with Crippen LogP contribution in [-0.2, 0) is 8.95 Å². The van der Waals surface area contributed by atoms with E-state index in [1.54, 1.807) is 0 Å². The molecule has 0 unspecified atom stereocenters. The highest BCUT2D eigenvalue weighted by Crippen LogP contribution is 2.16. The summed E-state index contributed by atoms with van der Waals surface area (Å²) in [7, 11) is -3.48. The van der Waals surface area contributed by atoms with Crippen molar-refractivity contribution in [2.45, 2.75) is 39.3 Å². The van der Waals surface area contributed by atoms with E-state index in [1.165, 1.54) is 0 Å². The zero-order valence-electron chi connectivity index (χ0n) is 12.5. The van der Waals surface area contributed by atoms with Crippen molar-refractivity contribution in [1.82, 2.24) is 0 Å². The lowest BCUT2D eigenvalue weighted by Crippen LogP contribution is -2.31. The molecule has 0 atom stereocenters. The summed E-state index contributed by atoms with van der Waals surface area (Å²) in [6, 6.07) is 7.48. The van der Waals surface area contributed by atoms with Crippen LogP contribution >= 0.6 is 11.6 Å². The first-order chi connectivity index (χ1) is 8.57. The maximum Gasteiger partial charge on any atom is 0.278 e. The van der Waals surface area contributed by atoms with E-state index in [0.29, 0.717) is 10.9 Å². The summed E-state index contributed by atoms with van der Waals surface area (Å²) in [5.74, 6) is 0.532. The summed E-state index contributed by atoms with van der Waals surface area (Å²) < 4.78 is 11.6. The number of halogens is 1. The summed E-state index contributed by atoms with van der Waals surface area (Å²) in [6.07, 6.45) is 0. The number of rotatable bonds is 4. The maximum absolute atomic E-state index is 6.02. The Kier molecular flexibility index (Phi) is 5.23. The van der Waals surface area contributed by atoms with Crippen molar-refractivity contribution < 1.29 is 8.95 Å². The summed E-state index contributed by atoms with van der Waals surface area (Å²) in [4.78, 5) is 0. The monoisotopic (exact) mass is 315 g/mol. The van der Waals surface area contributed by atoms with Gasteiger partial charge in [0, 0.05) is 10.6 Å². The molecule has 0 fully saturated rings. The Morgan fingerprint density at radius 3 is 2.16 bits per heavy atom. The number of hydrogen-bond acceptors (Lipinski definition) is 3. The van der Waals surface area contributed by atoms with Crippen LogP contribution in [0.3, 0.4) is 0 Å². The van der Waals surface area contributed by atoms with E-state index < -0.39 is 16.6 Å². The van der Waals surface area contributed by atoms with Crippen molar-refractivity contribution in [1.29, 1.82) is 0 Å². The average Bonchev–Trinajstić information content (AvgIpc) is 2.21. The van der Waals surface area contributed by atoms with Gasteiger partial charge in [0.1, 0.15) is 0 Å². The number of benzene rings is 1. The molecule has 0 aliphatic rings. The van der Waals surface area contributed by atoms with Gasteiger partial charge in [-0.1, -0.05) is 22.8 Å². The van der Waals surface area contributed by atoms with Gasteiger partial charge in [-0.25, -0.2) is 0 Å². The second-order valence-corrected chi connectivity index (χ2v) is 15.6. The Labute approximate surface area is 122 Å². The molecule has 1 aromatic rings. The van der Waals surface area contributed by atoms with E-state index in [9.17, 15) is 0 Å². The van der Waals surface area contributed by atoms with Crippen LogP contribution in [0.2, 0.25) is 44.3 Å². The molecule has 1 rings (SSSR count). The van der Waals surface area contributed by atoms with Gasteiger partial charge in [0.05, 0.1) is 0 Å². The number of nitrogens with zero attached hydrogens (tertiary/aromatic N) is 1. The molecule has 19 heavy (non-hydrogen) atoms. The third kappa shape index (κ3) is 6.80. The quantitative estimate of drug-likeness (QED) is 0.349. The van der Waals surface area contributed by atoms with Crippen molar-refractivity contribution in [3.63, 3.8) is 0 Å². The van der Waals surface area contributed by atoms with Gasteiger partial charge >= 0.3 is 0 Å². The molecule has 0 amide bonds. The van der Waals surface area contributed by atoms with E-state index in [-0.39, 0.29) is 0 Å². The molecular weight excluding hydrogens is 294 g/mol. The summed E-state index contributed by atoms with van der Waals surface area (Å²) >= 11 is 6.02. The maximum atomic E-state index is 6.02. The fourth-order valence-corrected chi connectivity index (χ4v) is 2.50. The van der Waals surface area contributed by atoms with Crippen LogP contribution in [0.1, 0.15) is 5.56 Å². The Bertz CT molecular complexity index is 464. The van der Waals surface area contributed by atoms with Crippen LogP contribution in [0.25, 0.3) is 0 Å². The molecule has 6 heteroatoms. The third-order valence-electron chi connectivity index (χ3n) is 1.88. The van der Waals surface area contributed by atoms with Crippen molar-refractivity contribution in [3.05, 3.63) is 34.9 Å². The first-order valence-electron chi connectivity index (χ1n) is 6.28. The molecule has 1 aromatic carbocycles. The van der Waals surface area contributed by atoms with Gasteiger partial charge in [-0.05, 0) is 57.5 Å². The van der Waals surface area contributed by atoms with Crippen LogP contribution in [0.5, 0.6) is 0 Å². The van der Waals surface area contributed by atoms with Crippen LogP contribution in [0, 0.1) is 0 Å². The molecular formula is C13H22ClNO2Si2. The van der Waals surface area contributed by atoms with Gasteiger partial charge in [-0.3, -0.25) is 0 Å². The minimum Gasteiger partial charge on any atom is -0.529 e. The Balaban J connectivity index is 3.05. The van der Waals surface area contributed by atoms with Crippen LogP contribution in [-0.4, -0.2) is 22.5 Å². The van der Waals surface area contributed by atoms with Crippen LogP contribution in [0.15, 0.2) is 29.4 Å². The Hall–Kier alpha value is -0.786. The first-order valence-corrected chi connectivity index (χ1v) is 13.5. The van der Waals surface area contributed by atoms with Gasteiger partial charge in [0.15, 0.2) is 0 Å². The molecule has 0 radical (unpaired) electrons. The van der Waals surface area contributed by atoms with E-state index in [0.717, 1.165) is 5.56 Å². The second-order valence-electron chi connectivity index (χ2n) is 6.32. The predicted octanol–water partition coefficient (Wildman–Crippen LogP) is 4.70. The van der Waals surface area contributed by atoms with Crippen LogP contribution in [0.4, 0.5) is 0 Å². The molecule has 0 saturated carbocycles. The number of hydrogen-bond donors (Lipinski definition) is 0. The molecule has 106 valence electrons. The normalized spacial score (nSPS) is 13.3. The molecule has 0 aliphatic carbocycles. The average molecular weight is 316 g/mol. The summed E-state index contributed by atoms with van der Waals surface area (Å²) in [5, 5.41) is 4.89. The smallest absolute Gasteiger partial charge is 0.278 e. The summed E-state index contributed by atoms with van der Waals surface area (Å²) in [5.41, 5.74) is 0.855. The van der Waals surface area contributed by atoms with E-state index in [1.807, 2.05) is 24.3 Å². The van der Waals surface area contributed by atoms with Gasteiger partial charge in [0.25, 0.3) is 8.32 Å². The lowest BCUT2D eigenvalue weighted by molar-refractivity contribution is 0.320. The van der Waals surface area contributed by atoms with Gasteiger partial charge in [0.2, 0.25) is 14.2 Å². The van der Waals surface area contributed by atoms with E-state index in [2.05, 4.69) is 44.4 Å². The van der Waals surface area contributed by atoms with E-state index in [4.69, 9.17) is 20.6 Å². The molecule has 0 aliphatic heterocycles. The van der Waals surface area contributed by atoms with E-state index >= 15 is 0 Å². The fourth-order valence-electron chi connectivity index (χ4n) is 1.22. The molecule has 0 heterocycles. The van der Waals surface area contributed by atoms with Crippen molar-refractivity contribution in [2.24, 2.45) is 5.16 Å². The lowest BCUT2D eigenvalue weighted by Gasteiger charge is -2.22. The van der Waals surface area contributed by atoms with Gasteiger partial charge in [-0.15, -0.1) is 0 Å². The highest BCUT2D eigenvalue weighted by Gasteiger charge is 2.22. The van der Waals surface area contributed by atoms with Gasteiger partial charge < -0.3 is 8.95 Å². The Morgan fingerprint density at radius 1 is 1.05 bits per heavy atom. The molecule has 0 aromatic heterocycles. The predicted molar refractivity (Wildman–Crippen MR) is 86.9 cm³/mol. The number of oxime groups is 1. The molecule has 0 spiro atoms. The first kappa shape index (κ1) is 16.3. The van der Waals surface area contributed by atoms with Crippen molar-refractivity contribution >= 4 is 34.1 Å². The highest BCUT2D eigenvalue weighted by molar-refractivity contribution is 6.71. The Morgan fingerprint density at radius 2 is 1.68 bits per heavy atom.